The number of carbonyl (C=O) groups excluding carboxylic acids is 1. The summed E-state index contributed by atoms with van der Waals surface area (Å²) < 4.78 is 1.71. The Labute approximate surface area is 186 Å². The number of carbonyl (C=O) groups is 1. The normalized spacial score (nSPS) is 16.5. The summed E-state index contributed by atoms with van der Waals surface area (Å²) in [6, 6.07) is -0.175. The number of aryl methyl sites for hydroxylation is 3. The molecule has 0 aliphatic carbocycles. The topological polar surface area (TPSA) is 134 Å². The van der Waals surface area contributed by atoms with Crippen LogP contribution in [0.15, 0.2) is 6.20 Å². The van der Waals surface area contributed by atoms with E-state index < -0.39 is 0 Å². The zero-order chi connectivity index (χ0) is 23.2. The van der Waals surface area contributed by atoms with Gasteiger partial charge in [-0.3, -0.25) is 5.32 Å². The van der Waals surface area contributed by atoms with Crippen molar-refractivity contribution in [2.45, 2.75) is 26.8 Å². The maximum atomic E-state index is 12.9. The Morgan fingerprint density at radius 3 is 2.59 bits per heavy atom. The van der Waals surface area contributed by atoms with Gasteiger partial charge in [-0.25, -0.2) is 19.4 Å². The molecular weight excluding hydrogens is 410 g/mol. The van der Waals surface area contributed by atoms with Crippen molar-refractivity contribution in [3.63, 3.8) is 0 Å². The van der Waals surface area contributed by atoms with Crippen molar-refractivity contribution in [1.29, 1.82) is 0 Å². The van der Waals surface area contributed by atoms with Gasteiger partial charge in [-0.05, 0) is 20.8 Å². The number of nitrogens with zero attached hydrogens (tertiary/aromatic N) is 9. The quantitative estimate of drug-likeness (QED) is 0.616. The molecule has 1 fully saturated rings. The second-order valence-corrected chi connectivity index (χ2v) is 8.29. The lowest BCUT2D eigenvalue weighted by molar-refractivity contribution is 0.200. The number of nitrogens with two attached hydrogens (primary N) is 1. The number of nitrogen functional groups attached to an aromatic ring is 1. The molecule has 0 bridgehead atoms. The van der Waals surface area contributed by atoms with Crippen molar-refractivity contribution >= 4 is 40.5 Å². The number of rotatable bonds is 3. The van der Waals surface area contributed by atoms with Gasteiger partial charge in [0, 0.05) is 46.8 Å². The third-order valence-corrected chi connectivity index (χ3v) is 5.66. The highest BCUT2D eigenvalue weighted by atomic mass is 16.2. The summed E-state index contributed by atoms with van der Waals surface area (Å²) in [6.07, 6.45) is 1.64. The first kappa shape index (κ1) is 21.5. The van der Waals surface area contributed by atoms with Gasteiger partial charge in [0.15, 0.2) is 11.5 Å². The largest absolute Gasteiger partial charge is 0.368 e. The molecule has 0 spiro atoms. The van der Waals surface area contributed by atoms with Crippen LogP contribution in [0.2, 0.25) is 0 Å². The number of amides is 2. The molecule has 0 radical (unpaired) electrons. The first-order valence-corrected chi connectivity index (χ1v) is 10.5. The van der Waals surface area contributed by atoms with Gasteiger partial charge >= 0.3 is 6.03 Å². The van der Waals surface area contributed by atoms with E-state index in [-0.39, 0.29) is 18.0 Å². The first-order chi connectivity index (χ1) is 15.2. The molecule has 1 saturated heterocycles. The number of anilines is 4. The summed E-state index contributed by atoms with van der Waals surface area (Å²) in [5, 5.41) is 8.25. The fourth-order valence-corrected chi connectivity index (χ4v) is 3.99. The Hall–Kier alpha value is -3.70. The van der Waals surface area contributed by atoms with Crippen LogP contribution in [0, 0.1) is 13.8 Å². The molecule has 4 rings (SSSR count). The van der Waals surface area contributed by atoms with Gasteiger partial charge in [-0.1, -0.05) is 0 Å². The smallest absolute Gasteiger partial charge is 0.323 e. The minimum Gasteiger partial charge on any atom is -0.368 e. The van der Waals surface area contributed by atoms with Crippen LogP contribution in [-0.2, 0) is 7.05 Å². The van der Waals surface area contributed by atoms with E-state index >= 15 is 0 Å². The van der Waals surface area contributed by atoms with E-state index in [0.29, 0.717) is 36.8 Å². The number of aromatic nitrogens is 6. The molecule has 1 aliphatic rings. The number of hydrogen-bond acceptors (Lipinski definition) is 9. The number of urea groups is 1. The van der Waals surface area contributed by atoms with Crippen LogP contribution in [0.25, 0.3) is 11.0 Å². The predicted octanol–water partition coefficient (Wildman–Crippen LogP) is 1.16. The van der Waals surface area contributed by atoms with Crippen molar-refractivity contribution in [2.75, 3.05) is 54.6 Å². The van der Waals surface area contributed by atoms with E-state index in [0.717, 1.165) is 22.7 Å². The van der Waals surface area contributed by atoms with E-state index in [1.54, 1.807) is 15.8 Å². The minimum absolute atomic E-state index is 0.0231. The van der Waals surface area contributed by atoms with Crippen LogP contribution < -0.4 is 20.9 Å². The number of piperazine rings is 1. The molecule has 3 aromatic heterocycles. The van der Waals surface area contributed by atoms with E-state index in [9.17, 15) is 4.79 Å². The molecule has 0 aromatic carbocycles. The van der Waals surface area contributed by atoms with Crippen molar-refractivity contribution in [2.24, 2.45) is 7.05 Å². The fraction of sp³-hybridized carbons (Fsp3) is 0.500. The zero-order valence-corrected chi connectivity index (χ0v) is 19.3. The van der Waals surface area contributed by atoms with Crippen molar-refractivity contribution < 1.29 is 4.79 Å². The van der Waals surface area contributed by atoms with E-state index in [1.165, 1.54) is 0 Å². The molecule has 0 unspecified atom stereocenters. The maximum Gasteiger partial charge on any atom is 0.323 e. The highest BCUT2D eigenvalue weighted by molar-refractivity contribution is 5.92. The van der Waals surface area contributed by atoms with Crippen LogP contribution in [0.4, 0.5) is 28.2 Å². The molecular formula is C20H29N11O. The molecule has 170 valence electrons. The molecule has 32 heavy (non-hydrogen) atoms. The molecule has 3 N–H and O–H groups in total. The zero-order valence-electron chi connectivity index (χ0n) is 19.3. The van der Waals surface area contributed by atoms with Crippen molar-refractivity contribution in [1.82, 2.24) is 34.6 Å². The standard InChI is InChI=1S/C20H29N11O/c1-11-10-30(20(32)24-16-13(3)23-14(9-22-16)28(4)5)7-8-31(11)18-15-12(2)27-29(6)17(15)25-19(21)26-18/h9,11H,7-8,10H2,1-6H3,(H2,21,25,26)(H,22,24,32)/t11-/m0/s1. The van der Waals surface area contributed by atoms with E-state index in [1.807, 2.05) is 39.9 Å². The summed E-state index contributed by atoms with van der Waals surface area (Å²) in [6.45, 7) is 7.49. The van der Waals surface area contributed by atoms with Crippen molar-refractivity contribution in [3.05, 3.63) is 17.6 Å². The second kappa shape index (κ2) is 8.09. The Bertz CT molecular complexity index is 1170. The van der Waals surface area contributed by atoms with Gasteiger partial charge in [0.05, 0.1) is 23.0 Å². The van der Waals surface area contributed by atoms with E-state index in [2.05, 4.69) is 42.2 Å². The van der Waals surface area contributed by atoms with Crippen LogP contribution in [0.3, 0.4) is 0 Å². The minimum atomic E-state index is -0.198. The molecule has 1 aliphatic heterocycles. The van der Waals surface area contributed by atoms with Crippen molar-refractivity contribution in [3.8, 4) is 0 Å². The maximum absolute atomic E-state index is 12.9. The van der Waals surface area contributed by atoms with Gasteiger partial charge in [0.2, 0.25) is 5.95 Å². The average Bonchev–Trinajstić information content (AvgIpc) is 3.02. The summed E-state index contributed by atoms with van der Waals surface area (Å²) in [4.78, 5) is 36.4. The molecule has 12 heteroatoms. The lowest BCUT2D eigenvalue weighted by Gasteiger charge is -2.40. The summed E-state index contributed by atoms with van der Waals surface area (Å²) >= 11 is 0. The summed E-state index contributed by atoms with van der Waals surface area (Å²) in [7, 11) is 5.64. The number of hydrogen-bond donors (Lipinski definition) is 2. The third kappa shape index (κ3) is 3.83. The highest BCUT2D eigenvalue weighted by Crippen LogP contribution is 2.30. The van der Waals surface area contributed by atoms with Crippen LogP contribution in [0.1, 0.15) is 18.3 Å². The molecule has 3 aromatic rings. The molecule has 4 heterocycles. The molecule has 2 amide bonds. The first-order valence-electron chi connectivity index (χ1n) is 10.5. The van der Waals surface area contributed by atoms with Crippen LogP contribution in [0.5, 0.6) is 0 Å². The number of nitrogens with one attached hydrogen (secondary N) is 1. The second-order valence-electron chi connectivity index (χ2n) is 8.29. The Kier molecular flexibility index (Phi) is 5.45. The van der Waals surface area contributed by atoms with Crippen LogP contribution in [-0.4, -0.2) is 80.4 Å². The molecule has 0 saturated carbocycles. The van der Waals surface area contributed by atoms with Gasteiger partial charge in [0.1, 0.15) is 11.6 Å². The predicted molar refractivity (Wildman–Crippen MR) is 124 cm³/mol. The van der Waals surface area contributed by atoms with E-state index in [4.69, 9.17) is 5.73 Å². The summed E-state index contributed by atoms with van der Waals surface area (Å²) in [5.74, 6) is 2.17. The molecule has 12 nitrogen and oxygen atoms in total. The Balaban J connectivity index is 1.51. The average molecular weight is 440 g/mol. The number of fused-ring (bicyclic) bond motifs is 1. The molecule has 1 atom stereocenters. The lowest BCUT2D eigenvalue weighted by atomic mass is 10.1. The third-order valence-electron chi connectivity index (χ3n) is 5.66. The van der Waals surface area contributed by atoms with Gasteiger partial charge in [-0.15, -0.1) is 0 Å². The highest BCUT2D eigenvalue weighted by Gasteiger charge is 2.30. The fourth-order valence-electron chi connectivity index (χ4n) is 3.99. The lowest BCUT2D eigenvalue weighted by Crippen LogP contribution is -2.55. The van der Waals surface area contributed by atoms with Gasteiger partial charge in [-0.2, -0.15) is 15.1 Å². The SMILES string of the molecule is Cc1nc(N(C)C)cnc1NC(=O)N1CCN(c2nc(N)nc3c2c(C)nn3C)[C@@H](C)C1. The summed E-state index contributed by atoms with van der Waals surface area (Å²) in [5.41, 5.74) is 8.20. The van der Waals surface area contributed by atoms with Gasteiger partial charge < -0.3 is 20.4 Å². The van der Waals surface area contributed by atoms with Gasteiger partial charge in [0.25, 0.3) is 0 Å². The monoisotopic (exact) mass is 439 g/mol. The Morgan fingerprint density at radius 1 is 1.19 bits per heavy atom. The Morgan fingerprint density at radius 2 is 1.94 bits per heavy atom. The van der Waals surface area contributed by atoms with Crippen LogP contribution >= 0.6 is 0 Å².